The Bertz CT molecular complexity index is 1660. The van der Waals surface area contributed by atoms with E-state index in [1.165, 1.54) is 6.92 Å². The number of amides is 1. The van der Waals surface area contributed by atoms with Crippen molar-refractivity contribution in [2.45, 2.75) is 74.2 Å². The lowest BCUT2D eigenvalue weighted by Crippen LogP contribution is -2.48. The maximum atomic E-state index is 14.8. The molecule has 1 aromatic carbocycles. The second kappa shape index (κ2) is 11.3. The molecule has 44 heavy (non-hydrogen) atoms. The minimum Gasteiger partial charge on any atom is -0.351 e. The molecule has 8 nitrogen and oxygen atoms in total. The number of aromatic nitrogens is 3. The van der Waals surface area contributed by atoms with Gasteiger partial charge in [0.25, 0.3) is 0 Å². The molecule has 1 N–H and O–H groups in total. The van der Waals surface area contributed by atoms with E-state index in [4.69, 9.17) is 0 Å². The van der Waals surface area contributed by atoms with Gasteiger partial charge in [0.15, 0.2) is 0 Å². The maximum Gasteiger partial charge on any atom is 0.451 e. The van der Waals surface area contributed by atoms with Crippen molar-refractivity contribution < 1.29 is 48.3 Å². The van der Waals surface area contributed by atoms with E-state index in [1.54, 1.807) is 0 Å². The van der Waals surface area contributed by atoms with E-state index in [0.29, 0.717) is 17.1 Å². The van der Waals surface area contributed by atoms with Crippen molar-refractivity contribution in [2.75, 3.05) is 0 Å². The van der Waals surface area contributed by atoms with Crippen molar-refractivity contribution in [1.82, 2.24) is 24.6 Å². The number of nitrogens with one attached hydrogen (secondary N) is 1. The van der Waals surface area contributed by atoms with Crippen LogP contribution in [0.5, 0.6) is 0 Å². The average molecular weight is 650 g/mol. The molecule has 2 aromatic heterocycles. The number of rotatable bonds is 7. The van der Waals surface area contributed by atoms with Crippen molar-refractivity contribution in [3.05, 3.63) is 71.2 Å². The van der Waals surface area contributed by atoms with Crippen LogP contribution in [0.1, 0.15) is 54.7 Å². The molecule has 3 atom stereocenters. The Balaban J connectivity index is 1.48. The third-order valence-corrected chi connectivity index (χ3v) is 9.41. The number of sulfonamides is 1. The highest BCUT2D eigenvalue weighted by molar-refractivity contribution is 7.89. The molecule has 1 aliphatic carbocycles. The Labute approximate surface area is 245 Å². The van der Waals surface area contributed by atoms with Gasteiger partial charge in [-0.1, -0.05) is 0 Å². The molecule has 0 unspecified atom stereocenters. The number of benzene rings is 1. The van der Waals surface area contributed by atoms with Crippen LogP contribution in [0, 0.1) is 5.82 Å². The number of alkyl halides is 7. The Kier molecular flexibility index (Phi) is 8.15. The molecular weight excluding hydrogens is 626 g/mol. The summed E-state index contributed by atoms with van der Waals surface area (Å²) in [5.41, 5.74) is -2.28. The highest BCUT2D eigenvalue weighted by atomic mass is 32.2. The standard InChI is InChI=1S/C27H23F8N5O3S/c1-13-19(29)9-21(40(13)44(42,43)18-6-4-17(28)5-7-18)24(41)36-10-15-8-20(16-11-37-25(38-12-16)27(33,34)35)39-23(14-2-3-14)22(15)26(30,31)32/h4-8,11-14,19,21H,2-3,9-10H2,1H3,(H,36,41)/t13-,19+,21-/m0/s1. The zero-order valence-corrected chi connectivity index (χ0v) is 23.4. The van der Waals surface area contributed by atoms with Crippen LogP contribution in [0.3, 0.4) is 0 Å². The molecule has 1 saturated carbocycles. The minimum absolute atomic E-state index is 0.109. The Morgan fingerprint density at radius 2 is 1.64 bits per heavy atom. The lowest BCUT2D eigenvalue weighted by molar-refractivity contribution is -0.145. The number of nitrogens with zero attached hydrogens (tertiary/aromatic N) is 4. The first-order chi connectivity index (χ1) is 20.5. The molecule has 1 saturated heterocycles. The summed E-state index contributed by atoms with van der Waals surface area (Å²) < 4.78 is 137. The van der Waals surface area contributed by atoms with Crippen LogP contribution in [0.2, 0.25) is 0 Å². The Morgan fingerprint density at radius 1 is 1.02 bits per heavy atom. The van der Waals surface area contributed by atoms with Crippen molar-refractivity contribution in [3.8, 4) is 11.3 Å². The van der Waals surface area contributed by atoms with Gasteiger partial charge in [-0.05, 0) is 55.7 Å². The second-order valence-electron chi connectivity index (χ2n) is 10.5. The summed E-state index contributed by atoms with van der Waals surface area (Å²) in [5, 5.41) is 2.27. The largest absolute Gasteiger partial charge is 0.451 e. The molecule has 3 aromatic rings. The van der Waals surface area contributed by atoms with E-state index in [9.17, 15) is 48.3 Å². The number of carbonyl (C=O) groups excluding carboxylic acids is 1. The van der Waals surface area contributed by atoms with Gasteiger partial charge < -0.3 is 5.32 Å². The van der Waals surface area contributed by atoms with Gasteiger partial charge in [-0.3, -0.25) is 9.78 Å². The van der Waals surface area contributed by atoms with Gasteiger partial charge in [-0.15, -0.1) is 0 Å². The Morgan fingerprint density at radius 3 is 2.18 bits per heavy atom. The maximum absolute atomic E-state index is 14.8. The molecule has 236 valence electrons. The number of hydrogen-bond acceptors (Lipinski definition) is 6. The van der Waals surface area contributed by atoms with Gasteiger partial charge in [0.05, 0.1) is 27.9 Å². The first kappa shape index (κ1) is 31.7. The van der Waals surface area contributed by atoms with Crippen LogP contribution in [-0.4, -0.2) is 51.8 Å². The smallest absolute Gasteiger partial charge is 0.351 e. The molecule has 0 spiro atoms. The summed E-state index contributed by atoms with van der Waals surface area (Å²) in [6, 6.07) is 1.59. The Hall–Kier alpha value is -3.73. The van der Waals surface area contributed by atoms with E-state index in [1.807, 2.05) is 0 Å². The third kappa shape index (κ3) is 6.24. The molecule has 3 heterocycles. The number of hydrogen-bond donors (Lipinski definition) is 1. The van der Waals surface area contributed by atoms with E-state index in [2.05, 4.69) is 20.3 Å². The topological polar surface area (TPSA) is 105 Å². The fraction of sp³-hybridized carbons (Fsp3) is 0.407. The minimum atomic E-state index is -4.94. The van der Waals surface area contributed by atoms with E-state index in [-0.39, 0.29) is 17.0 Å². The number of halogens is 8. The summed E-state index contributed by atoms with van der Waals surface area (Å²) in [6.45, 7) is 0.431. The van der Waals surface area contributed by atoms with E-state index in [0.717, 1.165) is 42.7 Å². The van der Waals surface area contributed by atoms with Gasteiger partial charge in [-0.2, -0.15) is 30.6 Å². The van der Waals surface area contributed by atoms with Crippen LogP contribution in [0.25, 0.3) is 11.3 Å². The van der Waals surface area contributed by atoms with Crippen LogP contribution in [0.4, 0.5) is 35.1 Å². The number of pyridine rings is 1. The lowest BCUT2D eigenvalue weighted by atomic mass is 9.99. The molecule has 17 heteroatoms. The molecular formula is C27H23F8N5O3S. The van der Waals surface area contributed by atoms with Gasteiger partial charge in [0.2, 0.25) is 21.8 Å². The summed E-state index contributed by atoms with van der Waals surface area (Å²) in [7, 11) is -4.53. The lowest BCUT2D eigenvalue weighted by Gasteiger charge is -2.27. The predicted molar refractivity (Wildman–Crippen MR) is 137 cm³/mol. The van der Waals surface area contributed by atoms with Crippen molar-refractivity contribution in [2.24, 2.45) is 0 Å². The first-order valence-corrected chi connectivity index (χ1v) is 14.6. The van der Waals surface area contributed by atoms with Crippen LogP contribution in [-0.2, 0) is 33.7 Å². The number of carbonyl (C=O) groups is 1. The van der Waals surface area contributed by atoms with Crippen molar-refractivity contribution in [3.63, 3.8) is 0 Å². The third-order valence-electron chi connectivity index (χ3n) is 7.40. The van der Waals surface area contributed by atoms with Crippen LogP contribution in [0.15, 0.2) is 47.6 Å². The molecule has 0 radical (unpaired) electrons. The molecule has 2 fully saturated rings. The molecule has 5 rings (SSSR count). The van der Waals surface area contributed by atoms with Gasteiger partial charge >= 0.3 is 12.4 Å². The second-order valence-corrected chi connectivity index (χ2v) is 12.3. The van der Waals surface area contributed by atoms with Crippen molar-refractivity contribution >= 4 is 15.9 Å². The quantitative estimate of drug-likeness (QED) is 0.344. The molecule has 2 aliphatic rings. The summed E-state index contributed by atoms with van der Waals surface area (Å²) in [4.78, 5) is 23.4. The highest BCUT2D eigenvalue weighted by Crippen LogP contribution is 2.47. The first-order valence-electron chi connectivity index (χ1n) is 13.2. The fourth-order valence-electron chi connectivity index (χ4n) is 5.09. The van der Waals surface area contributed by atoms with E-state index < -0.39 is 93.1 Å². The summed E-state index contributed by atoms with van der Waals surface area (Å²) >= 11 is 0. The zero-order valence-electron chi connectivity index (χ0n) is 22.6. The fourth-order valence-corrected chi connectivity index (χ4v) is 6.90. The molecule has 1 aliphatic heterocycles. The molecule has 1 amide bonds. The predicted octanol–water partition coefficient (Wildman–Crippen LogP) is 5.40. The molecule has 0 bridgehead atoms. The van der Waals surface area contributed by atoms with Crippen molar-refractivity contribution in [1.29, 1.82) is 0 Å². The monoisotopic (exact) mass is 649 g/mol. The van der Waals surface area contributed by atoms with Gasteiger partial charge in [0.1, 0.15) is 18.0 Å². The summed E-state index contributed by atoms with van der Waals surface area (Å²) in [5.74, 6) is -3.86. The normalized spacial score (nSPS) is 21.4. The van der Waals surface area contributed by atoms with Gasteiger partial charge in [0, 0.05) is 36.8 Å². The van der Waals surface area contributed by atoms with Crippen LogP contribution < -0.4 is 5.32 Å². The van der Waals surface area contributed by atoms with E-state index >= 15 is 0 Å². The highest BCUT2D eigenvalue weighted by Gasteiger charge is 2.49. The summed E-state index contributed by atoms with van der Waals surface area (Å²) in [6.07, 6.45) is -9.88. The van der Waals surface area contributed by atoms with Gasteiger partial charge in [-0.25, -0.2) is 27.2 Å². The zero-order chi connectivity index (χ0) is 32.2. The van der Waals surface area contributed by atoms with Crippen LogP contribution >= 0.6 is 0 Å². The average Bonchev–Trinajstić information content (AvgIpc) is 3.75. The SMILES string of the molecule is C[C@H]1[C@H](F)C[C@@H](C(=O)NCc2cc(-c3cnc(C(F)(F)F)nc3)nc(C3CC3)c2C(F)(F)F)N1S(=O)(=O)c1ccc(F)cc1.